The lowest BCUT2D eigenvalue weighted by Gasteiger charge is -2.26. The van der Waals surface area contributed by atoms with Gasteiger partial charge in [0, 0.05) is 33.2 Å². The number of fused-ring (bicyclic) bond motifs is 6. The van der Waals surface area contributed by atoms with Crippen molar-refractivity contribution in [2.75, 3.05) is 4.90 Å². The van der Waals surface area contributed by atoms with Crippen LogP contribution in [0, 0.1) is 0 Å². The molecule has 0 amide bonds. The van der Waals surface area contributed by atoms with Crippen molar-refractivity contribution < 1.29 is 4.42 Å². The van der Waals surface area contributed by atoms with Gasteiger partial charge in [-0.15, -0.1) is 0 Å². The molecule has 0 saturated carbocycles. The summed E-state index contributed by atoms with van der Waals surface area (Å²) in [4.78, 5) is 2.35. The SMILES string of the molecule is c1ccc(-c2cccc(N(c3ccc(-c4cccc5ccc6c7ccccc7oc6c45)cc3)c3ccc4ccccc4c3)c2)cc1. The Balaban J connectivity index is 1.19. The monoisotopic (exact) mass is 587 g/mol. The summed E-state index contributed by atoms with van der Waals surface area (Å²) in [6.45, 7) is 0. The fraction of sp³-hybridized carbons (Fsp3) is 0. The highest BCUT2D eigenvalue weighted by atomic mass is 16.3. The first kappa shape index (κ1) is 26.3. The molecule has 2 heteroatoms. The Bertz CT molecular complexity index is 2530. The third-order valence-electron chi connectivity index (χ3n) is 9.03. The van der Waals surface area contributed by atoms with Crippen LogP contribution in [0.15, 0.2) is 180 Å². The number of hydrogen-bond donors (Lipinski definition) is 0. The van der Waals surface area contributed by atoms with Crippen LogP contribution in [0.4, 0.5) is 17.1 Å². The summed E-state index contributed by atoms with van der Waals surface area (Å²) >= 11 is 0. The molecule has 1 heterocycles. The largest absolute Gasteiger partial charge is 0.455 e. The summed E-state index contributed by atoms with van der Waals surface area (Å²) < 4.78 is 6.48. The van der Waals surface area contributed by atoms with Gasteiger partial charge in [-0.1, -0.05) is 127 Å². The molecular formula is C44H29NO. The van der Waals surface area contributed by atoms with E-state index in [1.54, 1.807) is 0 Å². The number of furan rings is 1. The van der Waals surface area contributed by atoms with E-state index in [1.165, 1.54) is 27.3 Å². The van der Waals surface area contributed by atoms with E-state index in [1.807, 2.05) is 12.1 Å². The van der Waals surface area contributed by atoms with Crippen molar-refractivity contribution in [3.63, 3.8) is 0 Å². The van der Waals surface area contributed by atoms with E-state index in [9.17, 15) is 0 Å². The molecule has 8 aromatic carbocycles. The fourth-order valence-electron chi connectivity index (χ4n) is 6.80. The Morgan fingerprint density at radius 3 is 1.93 bits per heavy atom. The molecule has 0 unspecified atom stereocenters. The number of nitrogens with zero attached hydrogens (tertiary/aromatic N) is 1. The molecule has 0 fully saturated rings. The van der Waals surface area contributed by atoms with E-state index >= 15 is 0 Å². The van der Waals surface area contributed by atoms with Gasteiger partial charge in [-0.3, -0.25) is 0 Å². The minimum absolute atomic E-state index is 0.916. The highest BCUT2D eigenvalue weighted by Crippen LogP contribution is 2.41. The Kier molecular flexibility index (Phi) is 6.17. The number of anilines is 3. The zero-order chi connectivity index (χ0) is 30.5. The maximum Gasteiger partial charge on any atom is 0.143 e. The van der Waals surface area contributed by atoms with E-state index in [2.05, 4.69) is 169 Å². The second-order valence-electron chi connectivity index (χ2n) is 11.8. The van der Waals surface area contributed by atoms with Crippen molar-refractivity contribution in [2.45, 2.75) is 0 Å². The van der Waals surface area contributed by atoms with Gasteiger partial charge in [0.05, 0.1) is 0 Å². The van der Waals surface area contributed by atoms with Crippen molar-refractivity contribution in [3.8, 4) is 22.3 Å². The van der Waals surface area contributed by atoms with Crippen molar-refractivity contribution in [2.24, 2.45) is 0 Å². The first-order valence-electron chi connectivity index (χ1n) is 15.7. The smallest absolute Gasteiger partial charge is 0.143 e. The maximum atomic E-state index is 6.48. The number of benzene rings is 8. The van der Waals surface area contributed by atoms with E-state index in [0.717, 1.165) is 55.5 Å². The molecule has 0 radical (unpaired) electrons. The van der Waals surface area contributed by atoms with Crippen LogP contribution in [0.5, 0.6) is 0 Å². The molecule has 0 spiro atoms. The lowest BCUT2D eigenvalue weighted by atomic mass is 9.96. The molecule has 0 aliphatic heterocycles. The number of rotatable bonds is 5. The van der Waals surface area contributed by atoms with Gasteiger partial charge in [-0.25, -0.2) is 0 Å². The van der Waals surface area contributed by atoms with Gasteiger partial charge in [-0.2, -0.15) is 0 Å². The maximum absolute atomic E-state index is 6.48. The highest BCUT2D eigenvalue weighted by molar-refractivity contribution is 6.18. The van der Waals surface area contributed by atoms with Crippen molar-refractivity contribution in [1.82, 2.24) is 0 Å². The second kappa shape index (κ2) is 10.8. The normalized spacial score (nSPS) is 11.5. The summed E-state index contributed by atoms with van der Waals surface area (Å²) in [7, 11) is 0. The van der Waals surface area contributed by atoms with Gasteiger partial charge in [0.15, 0.2) is 0 Å². The van der Waals surface area contributed by atoms with Gasteiger partial charge in [0.25, 0.3) is 0 Å². The van der Waals surface area contributed by atoms with Gasteiger partial charge in [0.2, 0.25) is 0 Å². The third-order valence-corrected chi connectivity index (χ3v) is 9.03. The molecule has 0 aliphatic carbocycles. The summed E-state index contributed by atoms with van der Waals surface area (Å²) in [5, 5.41) is 7.05. The predicted molar refractivity (Wildman–Crippen MR) is 194 cm³/mol. The Hall–Kier alpha value is -6.12. The standard InChI is InChI=1S/C44H29NO/c1-2-10-30(11-3-1)35-15-8-16-37(28-35)45(38-26-20-31-12-4-5-13-34(31)29-38)36-24-21-32(22-25-36)39-18-9-14-33-23-27-41-40-17-6-7-19-42(40)46-44(41)43(33)39/h1-29H. The Morgan fingerprint density at radius 2 is 1.04 bits per heavy atom. The van der Waals surface area contributed by atoms with Crippen molar-refractivity contribution in [1.29, 1.82) is 0 Å². The molecule has 0 N–H and O–H groups in total. The van der Waals surface area contributed by atoms with Crippen molar-refractivity contribution in [3.05, 3.63) is 176 Å². The number of para-hydroxylation sites is 1. The van der Waals surface area contributed by atoms with Crippen LogP contribution in [-0.2, 0) is 0 Å². The van der Waals surface area contributed by atoms with Crippen molar-refractivity contribution >= 4 is 60.5 Å². The molecule has 9 rings (SSSR count). The lowest BCUT2D eigenvalue weighted by molar-refractivity contribution is 0.673. The number of hydrogen-bond acceptors (Lipinski definition) is 2. The van der Waals surface area contributed by atoms with Gasteiger partial charge >= 0.3 is 0 Å². The summed E-state index contributed by atoms with van der Waals surface area (Å²) in [5.74, 6) is 0. The molecule has 0 bridgehead atoms. The van der Waals surface area contributed by atoms with Gasteiger partial charge in [0.1, 0.15) is 11.2 Å². The van der Waals surface area contributed by atoms with E-state index < -0.39 is 0 Å². The van der Waals surface area contributed by atoms with Crippen LogP contribution >= 0.6 is 0 Å². The first-order valence-corrected chi connectivity index (χ1v) is 15.7. The predicted octanol–water partition coefficient (Wildman–Crippen LogP) is 12.7. The van der Waals surface area contributed by atoms with Crippen LogP contribution in [0.3, 0.4) is 0 Å². The first-order chi connectivity index (χ1) is 22.8. The lowest BCUT2D eigenvalue weighted by Crippen LogP contribution is -2.10. The quantitative estimate of drug-likeness (QED) is 0.199. The molecule has 1 aromatic heterocycles. The van der Waals surface area contributed by atoms with Crippen LogP contribution in [-0.4, -0.2) is 0 Å². The second-order valence-corrected chi connectivity index (χ2v) is 11.8. The Morgan fingerprint density at radius 1 is 0.370 bits per heavy atom. The van der Waals surface area contributed by atoms with Crippen LogP contribution in [0.1, 0.15) is 0 Å². The van der Waals surface area contributed by atoms with E-state index in [-0.39, 0.29) is 0 Å². The van der Waals surface area contributed by atoms with E-state index in [0.29, 0.717) is 0 Å². The topological polar surface area (TPSA) is 16.4 Å². The molecule has 216 valence electrons. The summed E-state index contributed by atoms with van der Waals surface area (Å²) in [6, 6.07) is 62.7. The molecule has 46 heavy (non-hydrogen) atoms. The minimum Gasteiger partial charge on any atom is -0.455 e. The summed E-state index contributed by atoms with van der Waals surface area (Å²) in [6.07, 6.45) is 0. The minimum atomic E-state index is 0.916. The van der Waals surface area contributed by atoms with Crippen LogP contribution < -0.4 is 4.90 Å². The Labute approximate surface area is 267 Å². The average Bonchev–Trinajstić information content (AvgIpc) is 3.51. The summed E-state index contributed by atoms with van der Waals surface area (Å²) in [5.41, 5.74) is 9.88. The van der Waals surface area contributed by atoms with E-state index in [4.69, 9.17) is 4.42 Å². The molecule has 0 saturated heterocycles. The molecule has 2 nitrogen and oxygen atoms in total. The fourth-order valence-corrected chi connectivity index (χ4v) is 6.80. The molecule has 0 aliphatic rings. The average molecular weight is 588 g/mol. The molecular weight excluding hydrogens is 558 g/mol. The van der Waals surface area contributed by atoms with Crippen LogP contribution in [0.2, 0.25) is 0 Å². The third kappa shape index (κ3) is 4.43. The zero-order valence-electron chi connectivity index (χ0n) is 25.1. The molecule has 9 aromatic rings. The zero-order valence-corrected chi connectivity index (χ0v) is 25.1. The van der Waals surface area contributed by atoms with Crippen LogP contribution in [0.25, 0.3) is 65.7 Å². The van der Waals surface area contributed by atoms with Gasteiger partial charge < -0.3 is 9.32 Å². The molecule has 0 atom stereocenters. The highest BCUT2D eigenvalue weighted by Gasteiger charge is 2.17. The van der Waals surface area contributed by atoms with Gasteiger partial charge in [-0.05, 0) is 86.9 Å².